The lowest BCUT2D eigenvalue weighted by molar-refractivity contribution is -0.138. The van der Waals surface area contributed by atoms with Gasteiger partial charge in [-0.25, -0.2) is 8.78 Å². The number of hydrogen-bond acceptors (Lipinski definition) is 5. The van der Waals surface area contributed by atoms with E-state index in [0.717, 1.165) is 19.5 Å². The fraction of sp³-hybridized carbons (Fsp3) is 0.500. The second-order valence-electron chi connectivity index (χ2n) is 11.9. The Morgan fingerprint density at radius 3 is 2.60 bits per heavy atom. The number of hydrogen-bond donors (Lipinski definition) is 1. The van der Waals surface area contributed by atoms with Crippen LogP contribution in [-0.4, -0.2) is 57.2 Å². The van der Waals surface area contributed by atoms with E-state index in [2.05, 4.69) is 27.3 Å². The maximum Gasteiger partial charge on any atom is 0.416 e. The van der Waals surface area contributed by atoms with Crippen molar-refractivity contribution in [3.8, 4) is 0 Å². The lowest BCUT2D eigenvalue weighted by atomic mass is 9.60. The van der Waals surface area contributed by atoms with Crippen LogP contribution in [0.3, 0.4) is 0 Å². The fourth-order valence-electron chi connectivity index (χ4n) is 6.73. The molecule has 7 nitrogen and oxygen atoms in total. The lowest BCUT2D eigenvalue weighted by Gasteiger charge is -2.48. The van der Waals surface area contributed by atoms with Gasteiger partial charge < -0.3 is 14.8 Å². The van der Waals surface area contributed by atoms with Gasteiger partial charge in [0.2, 0.25) is 5.92 Å². The van der Waals surface area contributed by atoms with E-state index in [4.69, 9.17) is 0 Å². The molecule has 2 aliphatic heterocycles. The van der Waals surface area contributed by atoms with E-state index in [1.807, 2.05) is 0 Å². The highest BCUT2D eigenvalue weighted by molar-refractivity contribution is 6.10. The predicted octanol–water partition coefficient (Wildman–Crippen LogP) is 5.09. The van der Waals surface area contributed by atoms with Crippen LogP contribution in [0.4, 0.5) is 27.6 Å². The van der Waals surface area contributed by atoms with Gasteiger partial charge in [-0.3, -0.25) is 9.69 Å². The standard InChI is InChI=1S/C30H33F5N6O/c1-3-21-14-40(8-7-36-21)13-19-9-23-24(25(10-19)30(33,34)35)15-41(27(23)42)22-6-4-5-20(11-22)28(16-29(31,32)17-28)12-26-38-37-18-39(26)2/h4-6,9-11,18,21,36H,3,7-8,12-17H2,1-2H3/t21-/m1/s1. The number of amides is 1. The van der Waals surface area contributed by atoms with Crippen molar-refractivity contribution in [3.05, 3.63) is 76.4 Å². The lowest BCUT2D eigenvalue weighted by Crippen LogP contribution is -2.51. The summed E-state index contributed by atoms with van der Waals surface area (Å²) in [6, 6.07) is 9.73. The number of benzene rings is 2. The van der Waals surface area contributed by atoms with Crippen LogP contribution in [0.1, 0.15) is 64.6 Å². The minimum Gasteiger partial charge on any atom is -0.321 e. The van der Waals surface area contributed by atoms with Crippen molar-refractivity contribution in [2.75, 3.05) is 24.5 Å². The maximum absolute atomic E-state index is 14.3. The molecular formula is C30H33F5N6O. The van der Waals surface area contributed by atoms with Gasteiger partial charge in [0.1, 0.15) is 12.2 Å². The Morgan fingerprint density at radius 2 is 1.93 bits per heavy atom. The molecule has 1 atom stereocenters. The molecule has 1 N–H and O–H groups in total. The highest BCUT2D eigenvalue weighted by Crippen LogP contribution is 2.55. The van der Waals surface area contributed by atoms with E-state index in [1.54, 1.807) is 41.9 Å². The van der Waals surface area contributed by atoms with Gasteiger partial charge >= 0.3 is 6.18 Å². The number of piperazine rings is 1. The normalized spacial score (nSPS) is 21.8. The van der Waals surface area contributed by atoms with Crippen LogP contribution in [0.15, 0.2) is 42.7 Å². The van der Waals surface area contributed by atoms with Gasteiger partial charge in [0.25, 0.3) is 5.91 Å². The van der Waals surface area contributed by atoms with Crippen LogP contribution >= 0.6 is 0 Å². The summed E-state index contributed by atoms with van der Waals surface area (Å²) in [7, 11) is 1.74. The number of alkyl halides is 5. The Labute approximate surface area is 240 Å². The third-order valence-electron chi connectivity index (χ3n) is 8.91. The predicted molar refractivity (Wildman–Crippen MR) is 146 cm³/mol. The number of aromatic nitrogens is 3. The topological polar surface area (TPSA) is 66.3 Å². The monoisotopic (exact) mass is 588 g/mol. The van der Waals surface area contributed by atoms with Crippen LogP contribution in [0.2, 0.25) is 0 Å². The van der Waals surface area contributed by atoms with Crippen LogP contribution < -0.4 is 10.2 Å². The molecule has 6 rings (SSSR count). The molecule has 1 aromatic heterocycles. The molecule has 3 aromatic rings. The molecule has 0 radical (unpaired) electrons. The number of nitrogens with zero attached hydrogens (tertiary/aromatic N) is 5. The number of aryl methyl sites for hydroxylation is 1. The van der Waals surface area contributed by atoms with Crippen LogP contribution in [0.5, 0.6) is 0 Å². The Morgan fingerprint density at radius 1 is 1.14 bits per heavy atom. The number of fused-ring (bicyclic) bond motifs is 1. The van der Waals surface area contributed by atoms with Gasteiger partial charge in [0.05, 0.1) is 12.1 Å². The quantitative estimate of drug-likeness (QED) is 0.390. The van der Waals surface area contributed by atoms with Crippen molar-refractivity contribution in [3.63, 3.8) is 0 Å². The Bertz CT molecular complexity index is 1490. The van der Waals surface area contributed by atoms with Crippen molar-refractivity contribution in [1.29, 1.82) is 0 Å². The average molecular weight is 589 g/mol. The van der Waals surface area contributed by atoms with E-state index in [-0.39, 0.29) is 30.1 Å². The molecule has 1 saturated carbocycles. The van der Waals surface area contributed by atoms with Crippen molar-refractivity contribution in [2.45, 2.75) is 69.3 Å². The second kappa shape index (κ2) is 10.4. The molecule has 1 saturated heterocycles. The zero-order valence-corrected chi connectivity index (χ0v) is 23.5. The van der Waals surface area contributed by atoms with Crippen molar-refractivity contribution >= 4 is 11.6 Å². The molecule has 0 spiro atoms. The Kier molecular flexibility index (Phi) is 7.12. The first-order valence-electron chi connectivity index (χ1n) is 14.2. The third-order valence-corrected chi connectivity index (χ3v) is 8.91. The Hall–Kier alpha value is -3.38. The van der Waals surface area contributed by atoms with Gasteiger partial charge in [-0.15, -0.1) is 10.2 Å². The Balaban J connectivity index is 1.31. The first-order valence-corrected chi connectivity index (χ1v) is 14.2. The third kappa shape index (κ3) is 5.30. The van der Waals surface area contributed by atoms with Crippen molar-refractivity contribution in [2.24, 2.45) is 7.05 Å². The van der Waals surface area contributed by atoms with Gasteiger partial charge in [-0.05, 0) is 47.4 Å². The molecule has 2 fully saturated rings. The van der Waals surface area contributed by atoms with Gasteiger partial charge in [-0.2, -0.15) is 13.2 Å². The van der Waals surface area contributed by atoms with E-state index in [9.17, 15) is 26.7 Å². The van der Waals surface area contributed by atoms with Crippen molar-refractivity contribution < 1.29 is 26.7 Å². The molecule has 0 unspecified atom stereocenters. The molecule has 12 heteroatoms. The molecule has 3 aliphatic rings. The van der Waals surface area contributed by atoms with Crippen molar-refractivity contribution in [1.82, 2.24) is 25.0 Å². The molecule has 42 heavy (non-hydrogen) atoms. The number of nitrogens with one attached hydrogen (secondary N) is 1. The number of rotatable bonds is 7. The minimum atomic E-state index is -4.63. The number of carbonyl (C=O) groups is 1. The molecule has 1 amide bonds. The van der Waals surface area contributed by atoms with Gasteiger partial charge in [0.15, 0.2) is 0 Å². The molecule has 1 aliphatic carbocycles. The van der Waals surface area contributed by atoms with Crippen LogP contribution in [0.25, 0.3) is 0 Å². The molecule has 3 heterocycles. The average Bonchev–Trinajstić information content (AvgIpc) is 3.48. The summed E-state index contributed by atoms with van der Waals surface area (Å²) in [5.74, 6) is -2.81. The SMILES string of the molecule is CC[C@@H]1CN(Cc2cc3c(c(C(F)(F)F)c2)CN(c2cccc(C4(Cc5nncn5C)CC(F)(F)C4)c2)C3=O)CCN1. The van der Waals surface area contributed by atoms with Crippen LogP contribution in [0, 0.1) is 0 Å². The summed E-state index contributed by atoms with van der Waals surface area (Å²) >= 11 is 0. The first kappa shape index (κ1) is 28.7. The largest absolute Gasteiger partial charge is 0.416 e. The number of halogens is 5. The zero-order chi connectivity index (χ0) is 29.9. The number of carbonyl (C=O) groups excluding carboxylic acids is 1. The highest BCUT2D eigenvalue weighted by Gasteiger charge is 2.57. The van der Waals surface area contributed by atoms with Gasteiger partial charge in [-0.1, -0.05) is 19.1 Å². The molecular weight excluding hydrogens is 555 g/mol. The van der Waals surface area contributed by atoms with E-state index >= 15 is 0 Å². The van der Waals surface area contributed by atoms with E-state index in [0.29, 0.717) is 35.7 Å². The number of anilines is 1. The second-order valence-corrected chi connectivity index (χ2v) is 11.9. The maximum atomic E-state index is 14.3. The first-order chi connectivity index (χ1) is 19.9. The van der Waals surface area contributed by atoms with E-state index < -0.39 is 41.8 Å². The fourth-order valence-corrected chi connectivity index (χ4v) is 6.73. The molecule has 0 bridgehead atoms. The summed E-state index contributed by atoms with van der Waals surface area (Å²) < 4.78 is 73.1. The van der Waals surface area contributed by atoms with Gasteiger partial charge in [0, 0.05) is 75.2 Å². The summed E-state index contributed by atoms with van der Waals surface area (Å²) in [5, 5.41) is 11.3. The summed E-state index contributed by atoms with van der Waals surface area (Å²) in [6.45, 7) is 4.31. The molecule has 2 aromatic carbocycles. The van der Waals surface area contributed by atoms with Crippen LogP contribution in [-0.2, 0) is 38.1 Å². The summed E-state index contributed by atoms with van der Waals surface area (Å²) in [4.78, 5) is 17.1. The smallest absolute Gasteiger partial charge is 0.321 e. The summed E-state index contributed by atoms with van der Waals surface area (Å²) in [6.07, 6.45) is -2.77. The molecule has 224 valence electrons. The van der Waals surface area contributed by atoms with E-state index in [1.165, 1.54) is 17.3 Å². The highest BCUT2D eigenvalue weighted by atomic mass is 19.4. The minimum absolute atomic E-state index is 0.0383. The summed E-state index contributed by atoms with van der Waals surface area (Å²) in [5.41, 5.74) is -0.335. The zero-order valence-electron chi connectivity index (χ0n) is 23.5.